The number of primary amides is 1. The zero-order chi connectivity index (χ0) is 35.2. The Labute approximate surface area is 277 Å². The number of hydrogen-bond acceptors (Lipinski definition) is 13. The lowest BCUT2D eigenvalue weighted by Gasteiger charge is -2.46. The normalized spacial score (nSPS) is 21.5. The van der Waals surface area contributed by atoms with Gasteiger partial charge < -0.3 is 36.0 Å². The van der Waals surface area contributed by atoms with Crippen molar-refractivity contribution in [3.05, 3.63) is 95.1 Å². The van der Waals surface area contributed by atoms with Crippen LogP contribution < -0.4 is 21.7 Å². The lowest BCUT2D eigenvalue weighted by molar-refractivity contribution is -0.175. The van der Waals surface area contributed by atoms with Gasteiger partial charge in [-0.25, -0.2) is 20.8 Å². The van der Waals surface area contributed by atoms with Crippen LogP contribution in [0.1, 0.15) is 39.6 Å². The van der Waals surface area contributed by atoms with Crippen molar-refractivity contribution in [3.63, 3.8) is 0 Å². The predicted octanol–water partition coefficient (Wildman–Crippen LogP) is 1.53. The smallest absolute Gasteiger partial charge is 0.427 e. The van der Waals surface area contributed by atoms with Crippen LogP contribution in [0.5, 0.6) is 17.2 Å². The highest BCUT2D eigenvalue weighted by molar-refractivity contribution is 6.27. The summed E-state index contributed by atoms with van der Waals surface area (Å²) in [5.41, 5.74) is 7.28. The summed E-state index contributed by atoms with van der Waals surface area (Å²) in [6.07, 6.45) is -4.31. The quantitative estimate of drug-likeness (QED) is 0.0754. The minimum Gasteiger partial charge on any atom is -0.507 e. The van der Waals surface area contributed by atoms with Gasteiger partial charge in [-0.15, -0.1) is 0 Å². The molecule has 4 aromatic carbocycles. The van der Waals surface area contributed by atoms with Crippen molar-refractivity contribution in [2.75, 3.05) is 5.12 Å². The molecule has 9 N–H and O–H groups in total. The maximum absolute atomic E-state index is 13.9. The lowest BCUT2D eigenvalue weighted by Crippen LogP contribution is -2.64. The maximum Gasteiger partial charge on any atom is 0.427 e. The number of aromatic hydroxyl groups is 3. The monoisotopic (exact) mass is 670 g/mol. The summed E-state index contributed by atoms with van der Waals surface area (Å²) >= 11 is 0. The molecule has 0 aromatic heterocycles. The van der Waals surface area contributed by atoms with Gasteiger partial charge in [0.15, 0.2) is 28.9 Å². The summed E-state index contributed by atoms with van der Waals surface area (Å²) in [7, 11) is 0. The third-order valence-corrected chi connectivity index (χ3v) is 8.79. The molecule has 0 radical (unpaired) electrons. The number of benzene rings is 4. The molecule has 252 valence electrons. The number of ether oxygens (including phenoxy) is 1. The molecule has 2 amide bonds. The van der Waals surface area contributed by atoms with Gasteiger partial charge in [0, 0.05) is 18.5 Å². The van der Waals surface area contributed by atoms with Crippen molar-refractivity contribution < 1.29 is 54.2 Å². The van der Waals surface area contributed by atoms with Gasteiger partial charge in [-0.2, -0.15) is 0 Å². The predicted molar refractivity (Wildman–Crippen MR) is 170 cm³/mol. The molecule has 2 unspecified atom stereocenters. The SMILES string of the molecule is NC(=O)C1C(=O)C[C@@H]2C(=O)c3c(c(O)c4c(O)ccc(N(NCc5ccccc5)NC(=O)OCc5ccccc5)c4c3O)C(O)[C@]2(O)C1=O. The fourth-order valence-electron chi connectivity index (χ4n) is 6.39. The number of nitrogens with zero attached hydrogens (tertiary/aromatic N) is 1. The van der Waals surface area contributed by atoms with Crippen molar-refractivity contribution in [1.29, 1.82) is 0 Å². The molecular weight excluding hydrogens is 640 g/mol. The van der Waals surface area contributed by atoms with Gasteiger partial charge in [-0.3, -0.25) is 19.2 Å². The number of nitrogens with two attached hydrogens (primary N) is 1. The number of anilines is 1. The number of aliphatic hydroxyl groups excluding tert-OH is 1. The molecule has 0 heterocycles. The second-order valence-corrected chi connectivity index (χ2v) is 11.7. The number of carbonyl (C=O) groups is 5. The van der Waals surface area contributed by atoms with E-state index in [0.717, 1.165) is 16.7 Å². The number of aliphatic hydroxyl groups is 2. The van der Waals surface area contributed by atoms with Crippen LogP contribution in [0, 0.1) is 11.8 Å². The van der Waals surface area contributed by atoms with E-state index in [9.17, 15) is 49.5 Å². The molecular formula is C34H30N4O11. The first-order chi connectivity index (χ1) is 23.4. The van der Waals surface area contributed by atoms with Crippen molar-refractivity contribution >= 4 is 45.8 Å². The Hall–Kier alpha value is -6.03. The van der Waals surface area contributed by atoms with E-state index in [0.29, 0.717) is 5.56 Å². The number of phenols is 3. The number of Topliss-reactive ketones (excluding diaryl/α,β-unsaturated/α-hetero) is 3. The van der Waals surface area contributed by atoms with Crippen molar-refractivity contribution in [2.24, 2.45) is 17.6 Å². The standard InChI is InChI=1S/C34H30N4O11/c35-32(46)24-21(40)13-18-27(41)25-26(31(45)34(18,48)30(24)44)29(43)23-20(39)12-11-19(22(23)28(25)42)38(36-14-16-7-3-1-4-8-16)37-33(47)49-15-17-9-5-2-6-10-17/h1-12,18,24,31,36,39,42-43,45,48H,13-15H2,(H2,35,46)(H,37,47)/t18-,24?,31?,34-/m1/s1. The second kappa shape index (κ2) is 12.5. The third-order valence-electron chi connectivity index (χ3n) is 8.79. The van der Waals surface area contributed by atoms with Crippen LogP contribution in [-0.2, 0) is 32.3 Å². The highest BCUT2D eigenvalue weighted by atomic mass is 16.6. The Morgan fingerprint density at radius 3 is 2.16 bits per heavy atom. The van der Waals surface area contributed by atoms with E-state index in [4.69, 9.17) is 10.5 Å². The first kappa shape index (κ1) is 32.9. The summed E-state index contributed by atoms with van der Waals surface area (Å²) in [6.45, 7) is -0.0301. The minimum atomic E-state index is -3.09. The van der Waals surface area contributed by atoms with E-state index >= 15 is 0 Å². The number of carbonyl (C=O) groups excluding carboxylic acids is 5. The molecule has 15 heteroatoms. The highest BCUT2D eigenvalue weighted by Crippen LogP contribution is 2.56. The molecule has 4 atom stereocenters. The molecule has 2 aliphatic rings. The Balaban J connectivity index is 1.48. The summed E-state index contributed by atoms with van der Waals surface area (Å²) in [4.78, 5) is 64.9. The molecule has 0 aliphatic heterocycles. The van der Waals surface area contributed by atoms with Crippen LogP contribution in [-0.4, -0.2) is 60.5 Å². The van der Waals surface area contributed by atoms with Gasteiger partial charge >= 0.3 is 6.09 Å². The van der Waals surface area contributed by atoms with E-state index in [-0.39, 0.29) is 18.8 Å². The number of hydrazine groups is 2. The van der Waals surface area contributed by atoms with Gasteiger partial charge in [-0.05, 0) is 23.3 Å². The third kappa shape index (κ3) is 5.44. The zero-order valence-electron chi connectivity index (χ0n) is 25.5. The molecule has 0 saturated heterocycles. The Kier molecular flexibility index (Phi) is 8.41. The zero-order valence-corrected chi connectivity index (χ0v) is 25.5. The van der Waals surface area contributed by atoms with Crippen molar-refractivity contribution in [2.45, 2.75) is 31.3 Å². The van der Waals surface area contributed by atoms with Gasteiger partial charge in [0.2, 0.25) is 5.91 Å². The first-order valence-corrected chi connectivity index (χ1v) is 15.0. The largest absolute Gasteiger partial charge is 0.507 e. The fraction of sp³-hybridized carbons (Fsp3) is 0.206. The highest BCUT2D eigenvalue weighted by Gasteiger charge is 2.65. The van der Waals surface area contributed by atoms with Crippen molar-refractivity contribution in [3.8, 4) is 17.2 Å². The summed E-state index contributed by atoms with van der Waals surface area (Å²) in [5, 5.41) is 57.0. The number of ketones is 3. The molecule has 0 bridgehead atoms. The summed E-state index contributed by atoms with van der Waals surface area (Å²) in [5.74, 6) is -12.0. The first-order valence-electron chi connectivity index (χ1n) is 15.0. The second-order valence-electron chi connectivity index (χ2n) is 11.7. The minimum absolute atomic E-state index is 0.0812. The van der Waals surface area contributed by atoms with E-state index in [1.54, 1.807) is 60.7 Å². The Morgan fingerprint density at radius 2 is 1.53 bits per heavy atom. The van der Waals surface area contributed by atoms with E-state index in [2.05, 4.69) is 10.9 Å². The van der Waals surface area contributed by atoms with Gasteiger partial charge in [-0.1, -0.05) is 60.7 Å². The molecule has 49 heavy (non-hydrogen) atoms. The van der Waals surface area contributed by atoms with Crippen LogP contribution in [0.3, 0.4) is 0 Å². The lowest BCUT2D eigenvalue weighted by atomic mass is 9.59. The van der Waals surface area contributed by atoms with Crippen LogP contribution in [0.2, 0.25) is 0 Å². The molecule has 2 aliphatic carbocycles. The maximum atomic E-state index is 13.9. The number of hydrogen-bond donors (Lipinski definition) is 8. The van der Waals surface area contributed by atoms with Gasteiger partial charge in [0.05, 0.1) is 27.9 Å². The molecule has 1 saturated carbocycles. The van der Waals surface area contributed by atoms with Gasteiger partial charge in [0.25, 0.3) is 0 Å². The van der Waals surface area contributed by atoms with Crippen LogP contribution in [0.15, 0.2) is 72.8 Å². The Morgan fingerprint density at radius 1 is 0.898 bits per heavy atom. The average Bonchev–Trinajstić information content (AvgIpc) is 3.08. The molecule has 1 fully saturated rings. The average molecular weight is 671 g/mol. The van der Waals surface area contributed by atoms with Crippen molar-refractivity contribution in [1.82, 2.24) is 10.9 Å². The molecule has 15 nitrogen and oxygen atoms in total. The number of phenolic OH excluding ortho intramolecular Hbond substituents is 3. The summed E-state index contributed by atoms with van der Waals surface area (Å²) in [6, 6.07) is 20.0. The molecule has 0 spiro atoms. The van der Waals surface area contributed by atoms with Gasteiger partial charge in [0.1, 0.15) is 30.0 Å². The number of fused-ring (bicyclic) bond motifs is 3. The number of nitrogens with one attached hydrogen (secondary N) is 2. The molecule has 6 rings (SSSR count). The van der Waals surface area contributed by atoms with Crippen LogP contribution in [0.4, 0.5) is 10.5 Å². The summed E-state index contributed by atoms with van der Waals surface area (Å²) < 4.78 is 5.35. The number of rotatable bonds is 8. The molecule has 4 aromatic rings. The topological polar surface area (TPSA) is 249 Å². The van der Waals surface area contributed by atoms with Crippen LogP contribution in [0.25, 0.3) is 10.8 Å². The van der Waals surface area contributed by atoms with E-state index in [1.165, 1.54) is 6.07 Å². The number of amides is 2. The van der Waals surface area contributed by atoms with E-state index < -0.39 is 98.5 Å². The van der Waals surface area contributed by atoms with E-state index in [1.807, 2.05) is 0 Å². The Bertz CT molecular complexity index is 2020. The van der Waals surface area contributed by atoms with Crippen LogP contribution >= 0.6 is 0 Å². The fourth-order valence-corrected chi connectivity index (χ4v) is 6.39.